The summed E-state index contributed by atoms with van der Waals surface area (Å²) in [4.78, 5) is 29.6. The van der Waals surface area contributed by atoms with Gasteiger partial charge in [0, 0.05) is 31.9 Å². The van der Waals surface area contributed by atoms with Crippen molar-refractivity contribution in [2.24, 2.45) is 0 Å². The van der Waals surface area contributed by atoms with Crippen LogP contribution in [0.15, 0.2) is 71.3 Å². The molecule has 2 amide bonds. The molecule has 1 N–H and O–H groups in total. The van der Waals surface area contributed by atoms with Gasteiger partial charge in [-0.3, -0.25) is 14.5 Å². The molecule has 166 valence electrons. The molecule has 2 aromatic carbocycles. The highest BCUT2D eigenvalue weighted by atomic mass is 19.1. The van der Waals surface area contributed by atoms with Crippen molar-refractivity contribution in [2.75, 3.05) is 38.6 Å². The summed E-state index contributed by atoms with van der Waals surface area (Å²) >= 11 is 0. The second-order valence-electron chi connectivity index (χ2n) is 7.48. The van der Waals surface area contributed by atoms with Crippen molar-refractivity contribution in [3.8, 4) is 5.75 Å². The molecule has 4 rings (SSSR count). The van der Waals surface area contributed by atoms with Gasteiger partial charge >= 0.3 is 0 Å². The first-order valence-electron chi connectivity index (χ1n) is 10.3. The van der Waals surface area contributed by atoms with E-state index in [0.717, 1.165) is 5.56 Å². The van der Waals surface area contributed by atoms with Gasteiger partial charge < -0.3 is 19.4 Å². The Hall–Kier alpha value is -3.65. The van der Waals surface area contributed by atoms with Crippen LogP contribution < -0.4 is 10.1 Å². The fourth-order valence-electron chi connectivity index (χ4n) is 3.80. The average Bonchev–Trinajstić information content (AvgIpc) is 3.36. The van der Waals surface area contributed by atoms with Gasteiger partial charge in [-0.05, 0) is 54.1 Å². The van der Waals surface area contributed by atoms with Crippen LogP contribution in [0.1, 0.15) is 22.2 Å². The standard InChI is InChI=1S/C24H24FN3O4/c1-31-20-10-4-17(5-11-20)22(23(29)26-19-8-6-18(25)7-9-19)27-12-14-28(15-13-27)24(30)21-3-2-16-32-21/h2-11,16,22H,12-15H2,1H3,(H,26,29). The number of hydrogen-bond donors (Lipinski definition) is 1. The molecule has 1 aliphatic heterocycles. The molecule has 7 nitrogen and oxygen atoms in total. The molecule has 32 heavy (non-hydrogen) atoms. The third kappa shape index (κ3) is 4.81. The quantitative estimate of drug-likeness (QED) is 0.638. The highest BCUT2D eigenvalue weighted by molar-refractivity contribution is 5.95. The molecule has 1 fully saturated rings. The number of amides is 2. The Kier molecular flexibility index (Phi) is 6.51. The Morgan fingerprint density at radius 3 is 2.28 bits per heavy atom. The first-order valence-corrected chi connectivity index (χ1v) is 10.3. The number of nitrogens with one attached hydrogen (secondary N) is 1. The average molecular weight is 437 g/mol. The van der Waals surface area contributed by atoms with Crippen molar-refractivity contribution in [2.45, 2.75) is 6.04 Å². The van der Waals surface area contributed by atoms with Crippen molar-refractivity contribution in [1.29, 1.82) is 0 Å². The number of hydrogen-bond acceptors (Lipinski definition) is 5. The molecule has 3 aromatic rings. The van der Waals surface area contributed by atoms with Crippen LogP contribution in [0.3, 0.4) is 0 Å². The van der Waals surface area contributed by atoms with Crippen molar-refractivity contribution in [1.82, 2.24) is 9.80 Å². The van der Waals surface area contributed by atoms with Crippen LogP contribution in [0.5, 0.6) is 5.75 Å². The highest BCUT2D eigenvalue weighted by Crippen LogP contribution is 2.26. The van der Waals surface area contributed by atoms with E-state index < -0.39 is 6.04 Å². The number of carbonyl (C=O) groups is 2. The van der Waals surface area contributed by atoms with Crippen LogP contribution in [-0.4, -0.2) is 54.9 Å². The van der Waals surface area contributed by atoms with Gasteiger partial charge in [0.15, 0.2) is 5.76 Å². The van der Waals surface area contributed by atoms with E-state index in [-0.39, 0.29) is 17.6 Å². The zero-order valence-electron chi connectivity index (χ0n) is 17.7. The fourth-order valence-corrected chi connectivity index (χ4v) is 3.80. The lowest BCUT2D eigenvalue weighted by Gasteiger charge is -2.38. The number of nitrogens with zero attached hydrogens (tertiary/aromatic N) is 2. The third-order valence-electron chi connectivity index (χ3n) is 5.49. The zero-order chi connectivity index (χ0) is 22.5. The van der Waals surface area contributed by atoms with Crippen LogP contribution in [-0.2, 0) is 4.79 Å². The van der Waals surface area contributed by atoms with Gasteiger partial charge in [0.05, 0.1) is 13.4 Å². The van der Waals surface area contributed by atoms with Gasteiger partial charge in [0.1, 0.15) is 17.6 Å². The molecule has 1 aromatic heterocycles. The SMILES string of the molecule is COc1ccc(C(C(=O)Nc2ccc(F)cc2)N2CCN(C(=O)c3ccco3)CC2)cc1. The van der Waals surface area contributed by atoms with E-state index in [4.69, 9.17) is 9.15 Å². The number of carbonyl (C=O) groups excluding carboxylic acids is 2. The van der Waals surface area contributed by atoms with Crippen molar-refractivity contribution in [3.63, 3.8) is 0 Å². The Morgan fingerprint density at radius 1 is 1.00 bits per heavy atom. The van der Waals surface area contributed by atoms with Crippen LogP contribution in [0.2, 0.25) is 0 Å². The van der Waals surface area contributed by atoms with E-state index >= 15 is 0 Å². The minimum absolute atomic E-state index is 0.161. The molecular weight excluding hydrogens is 413 g/mol. The molecule has 1 aliphatic rings. The minimum Gasteiger partial charge on any atom is -0.497 e. The van der Waals surface area contributed by atoms with Gasteiger partial charge in [0.2, 0.25) is 5.91 Å². The maximum Gasteiger partial charge on any atom is 0.289 e. The molecule has 2 heterocycles. The van der Waals surface area contributed by atoms with Crippen LogP contribution in [0, 0.1) is 5.82 Å². The van der Waals surface area contributed by atoms with E-state index in [1.54, 1.807) is 24.1 Å². The number of halogens is 1. The molecule has 0 saturated carbocycles. The van der Waals surface area contributed by atoms with Gasteiger partial charge in [-0.15, -0.1) is 0 Å². The second-order valence-corrected chi connectivity index (χ2v) is 7.48. The number of piperazine rings is 1. The molecule has 1 saturated heterocycles. The maximum absolute atomic E-state index is 13.3. The summed E-state index contributed by atoms with van der Waals surface area (Å²) in [5.41, 5.74) is 1.32. The summed E-state index contributed by atoms with van der Waals surface area (Å²) in [6.07, 6.45) is 1.48. The van der Waals surface area contributed by atoms with Gasteiger partial charge in [-0.25, -0.2) is 4.39 Å². The first-order chi connectivity index (χ1) is 15.5. The number of rotatable bonds is 6. The summed E-state index contributed by atoms with van der Waals surface area (Å²) in [5, 5.41) is 2.88. The Morgan fingerprint density at radius 2 is 1.69 bits per heavy atom. The molecule has 0 spiro atoms. The lowest BCUT2D eigenvalue weighted by Crippen LogP contribution is -2.51. The summed E-state index contributed by atoms with van der Waals surface area (Å²) < 4.78 is 23.7. The monoisotopic (exact) mass is 437 g/mol. The molecule has 1 atom stereocenters. The number of ether oxygens (including phenoxy) is 1. The first kappa shape index (κ1) is 21.6. The van der Waals surface area contributed by atoms with Crippen molar-refractivity contribution >= 4 is 17.5 Å². The predicted molar refractivity (Wildman–Crippen MR) is 117 cm³/mol. The molecule has 1 unspecified atom stereocenters. The lowest BCUT2D eigenvalue weighted by atomic mass is 10.0. The van der Waals surface area contributed by atoms with E-state index in [1.165, 1.54) is 30.5 Å². The Balaban J connectivity index is 1.51. The number of furan rings is 1. The molecule has 0 radical (unpaired) electrons. The third-order valence-corrected chi connectivity index (χ3v) is 5.49. The lowest BCUT2D eigenvalue weighted by molar-refractivity contribution is -0.122. The summed E-state index contributed by atoms with van der Waals surface area (Å²) in [5.74, 6) is 0.241. The molecular formula is C24H24FN3O4. The van der Waals surface area contributed by atoms with Crippen LogP contribution >= 0.6 is 0 Å². The number of anilines is 1. The Bertz CT molecular complexity index is 1040. The van der Waals surface area contributed by atoms with Crippen molar-refractivity contribution in [3.05, 3.63) is 84.1 Å². The second kappa shape index (κ2) is 9.65. The summed E-state index contributed by atoms with van der Waals surface area (Å²) in [6.45, 7) is 1.96. The number of benzene rings is 2. The molecule has 0 aliphatic carbocycles. The van der Waals surface area contributed by atoms with E-state index in [0.29, 0.717) is 43.4 Å². The predicted octanol–water partition coefficient (Wildman–Crippen LogP) is 3.57. The number of methoxy groups -OCH3 is 1. The molecule has 8 heteroatoms. The van der Waals surface area contributed by atoms with Gasteiger partial charge in [-0.1, -0.05) is 12.1 Å². The van der Waals surface area contributed by atoms with Gasteiger partial charge in [-0.2, -0.15) is 0 Å². The van der Waals surface area contributed by atoms with Crippen molar-refractivity contribution < 1.29 is 23.1 Å². The smallest absolute Gasteiger partial charge is 0.289 e. The van der Waals surface area contributed by atoms with E-state index in [1.807, 2.05) is 29.2 Å². The van der Waals surface area contributed by atoms with Gasteiger partial charge in [0.25, 0.3) is 5.91 Å². The maximum atomic E-state index is 13.3. The van der Waals surface area contributed by atoms with E-state index in [9.17, 15) is 14.0 Å². The minimum atomic E-state index is -0.577. The normalized spacial score (nSPS) is 15.2. The largest absolute Gasteiger partial charge is 0.497 e. The van der Waals surface area contributed by atoms with Crippen LogP contribution in [0.4, 0.5) is 10.1 Å². The van der Waals surface area contributed by atoms with E-state index in [2.05, 4.69) is 5.32 Å². The topological polar surface area (TPSA) is 75.0 Å². The molecule has 0 bridgehead atoms. The summed E-state index contributed by atoms with van der Waals surface area (Å²) in [7, 11) is 1.59. The fraction of sp³-hybridized carbons (Fsp3) is 0.250. The highest BCUT2D eigenvalue weighted by Gasteiger charge is 2.32. The summed E-state index contributed by atoms with van der Waals surface area (Å²) in [6, 6.07) is 15.7. The Labute approximate surface area is 185 Å². The zero-order valence-corrected chi connectivity index (χ0v) is 17.7. The van der Waals surface area contributed by atoms with Crippen LogP contribution in [0.25, 0.3) is 0 Å².